The van der Waals surface area contributed by atoms with Crippen LogP contribution in [-0.4, -0.2) is 32.2 Å². The molecular weight excluding hydrogens is 398 g/mol. The van der Waals surface area contributed by atoms with Gasteiger partial charge in [0, 0.05) is 35.2 Å². The van der Waals surface area contributed by atoms with Crippen molar-refractivity contribution >= 4 is 40.3 Å². The fourth-order valence-corrected chi connectivity index (χ4v) is 3.63. The minimum Gasteiger partial charge on any atom is -0.378 e. The molecule has 1 aliphatic rings. The van der Waals surface area contributed by atoms with Gasteiger partial charge in [0.15, 0.2) is 0 Å². The number of para-hydroxylation sites is 1. The second kappa shape index (κ2) is 9.20. The van der Waals surface area contributed by atoms with E-state index in [4.69, 9.17) is 16.3 Å². The molecule has 0 aliphatic carbocycles. The average Bonchev–Trinajstić information content (AvgIpc) is 2.78. The van der Waals surface area contributed by atoms with Gasteiger partial charge in [-0.15, -0.1) is 0 Å². The molecule has 6 heteroatoms. The number of carbonyl (C=O) groups excluding carboxylic acids is 1. The van der Waals surface area contributed by atoms with Crippen molar-refractivity contribution in [1.82, 2.24) is 0 Å². The molecule has 0 radical (unpaired) electrons. The zero-order valence-corrected chi connectivity index (χ0v) is 17.6. The van der Waals surface area contributed by atoms with Crippen molar-refractivity contribution in [3.05, 3.63) is 82.9 Å². The monoisotopic (exact) mass is 421 g/mol. The summed E-state index contributed by atoms with van der Waals surface area (Å²) in [6.07, 6.45) is 0. The number of nitrogens with zero attached hydrogens (tertiary/aromatic N) is 1. The molecular formula is C24H24ClN3O2. The number of amides is 1. The van der Waals surface area contributed by atoms with Crippen LogP contribution in [0.1, 0.15) is 15.9 Å². The van der Waals surface area contributed by atoms with E-state index in [-0.39, 0.29) is 5.91 Å². The number of morpholine rings is 1. The molecule has 1 saturated heterocycles. The highest BCUT2D eigenvalue weighted by atomic mass is 35.5. The highest BCUT2D eigenvalue weighted by molar-refractivity contribution is 6.31. The molecule has 30 heavy (non-hydrogen) atoms. The molecule has 0 atom stereocenters. The zero-order valence-electron chi connectivity index (χ0n) is 16.8. The van der Waals surface area contributed by atoms with Crippen molar-refractivity contribution in [3.63, 3.8) is 0 Å². The molecule has 1 amide bonds. The Labute approximate surface area is 181 Å². The van der Waals surface area contributed by atoms with Crippen LogP contribution in [0.4, 0.5) is 22.7 Å². The first-order valence-electron chi connectivity index (χ1n) is 9.97. The van der Waals surface area contributed by atoms with Gasteiger partial charge in [0.2, 0.25) is 0 Å². The maximum atomic E-state index is 13.0. The molecule has 0 saturated carbocycles. The normalized spacial score (nSPS) is 13.7. The summed E-state index contributed by atoms with van der Waals surface area (Å²) in [5.41, 5.74) is 4.99. The number of carbonyl (C=O) groups is 1. The maximum absolute atomic E-state index is 13.0. The highest BCUT2D eigenvalue weighted by Gasteiger charge is 2.14. The number of hydrogen-bond acceptors (Lipinski definition) is 4. The Morgan fingerprint density at radius 1 is 0.933 bits per heavy atom. The lowest BCUT2D eigenvalue weighted by atomic mass is 10.1. The molecule has 3 aromatic carbocycles. The fraction of sp³-hybridized carbons (Fsp3) is 0.208. The summed E-state index contributed by atoms with van der Waals surface area (Å²) >= 11 is 6.23. The molecule has 3 aromatic rings. The first-order chi connectivity index (χ1) is 14.6. The van der Waals surface area contributed by atoms with Gasteiger partial charge in [0.1, 0.15) is 0 Å². The molecule has 1 fully saturated rings. The highest BCUT2D eigenvalue weighted by Crippen LogP contribution is 2.28. The summed E-state index contributed by atoms with van der Waals surface area (Å²) in [5.74, 6) is -0.170. The number of hydrogen-bond donors (Lipinski definition) is 2. The van der Waals surface area contributed by atoms with Gasteiger partial charge in [-0.05, 0) is 61.0 Å². The predicted octanol–water partition coefficient (Wildman–Crippen LogP) is 5.48. The summed E-state index contributed by atoms with van der Waals surface area (Å²) in [6.45, 7) is 5.20. The molecule has 0 unspecified atom stereocenters. The van der Waals surface area contributed by atoms with Crippen LogP contribution in [0, 0.1) is 6.92 Å². The SMILES string of the molecule is Cc1c(Cl)cccc1Nc1ccccc1C(=O)Nc1ccc(N2CCOCC2)cc1. The number of anilines is 4. The van der Waals surface area contributed by atoms with Crippen LogP contribution in [-0.2, 0) is 4.74 Å². The van der Waals surface area contributed by atoms with Crippen LogP contribution in [0.25, 0.3) is 0 Å². The van der Waals surface area contributed by atoms with Gasteiger partial charge in [0.05, 0.1) is 24.5 Å². The van der Waals surface area contributed by atoms with Gasteiger partial charge in [-0.3, -0.25) is 4.79 Å². The third-order valence-corrected chi connectivity index (χ3v) is 5.62. The van der Waals surface area contributed by atoms with E-state index in [0.29, 0.717) is 10.6 Å². The second-order valence-corrected chi connectivity index (χ2v) is 7.59. The van der Waals surface area contributed by atoms with Crippen LogP contribution in [0.5, 0.6) is 0 Å². The maximum Gasteiger partial charge on any atom is 0.257 e. The summed E-state index contributed by atoms with van der Waals surface area (Å²) in [7, 11) is 0. The van der Waals surface area contributed by atoms with Crippen LogP contribution in [0.15, 0.2) is 66.7 Å². The minimum absolute atomic E-state index is 0.170. The first-order valence-corrected chi connectivity index (χ1v) is 10.3. The van der Waals surface area contributed by atoms with Crippen molar-refractivity contribution in [2.45, 2.75) is 6.92 Å². The smallest absolute Gasteiger partial charge is 0.257 e. The largest absolute Gasteiger partial charge is 0.378 e. The lowest BCUT2D eigenvalue weighted by Crippen LogP contribution is -2.36. The van der Waals surface area contributed by atoms with Crippen LogP contribution >= 0.6 is 11.6 Å². The summed E-state index contributed by atoms with van der Waals surface area (Å²) in [4.78, 5) is 15.2. The van der Waals surface area contributed by atoms with Gasteiger partial charge >= 0.3 is 0 Å². The van der Waals surface area contributed by atoms with E-state index < -0.39 is 0 Å². The standard InChI is InChI=1S/C24H24ClN3O2/c1-17-21(25)6-4-8-22(17)27-23-7-3-2-5-20(23)24(29)26-18-9-11-19(12-10-18)28-13-15-30-16-14-28/h2-12,27H,13-16H2,1H3,(H,26,29). The number of nitrogens with one attached hydrogen (secondary N) is 2. The molecule has 1 aliphatic heterocycles. The van der Waals surface area contributed by atoms with E-state index in [0.717, 1.165) is 54.6 Å². The van der Waals surface area contributed by atoms with Gasteiger partial charge in [-0.2, -0.15) is 0 Å². The lowest BCUT2D eigenvalue weighted by Gasteiger charge is -2.28. The molecule has 4 rings (SSSR count). The Morgan fingerprint density at radius 2 is 1.63 bits per heavy atom. The van der Waals surface area contributed by atoms with Gasteiger partial charge in [-0.25, -0.2) is 0 Å². The van der Waals surface area contributed by atoms with E-state index in [2.05, 4.69) is 15.5 Å². The van der Waals surface area contributed by atoms with Gasteiger partial charge in [0.25, 0.3) is 5.91 Å². The van der Waals surface area contributed by atoms with Crippen molar-refractivity contribution in [2.75, 3.05) is 41.8 Å². The van der Waals surface area contributed by atoms with Gasteiger partial charge < -0.3 is 20.3 Å². The van der Waals surface area contributed by atoms with E-state index in [1.807, 2.05) is 67.6 Å². The summed E-state index contributed by atoms with van der Waals surface area (Å²) in [5, 5.41) is 7.01. The molecule has 0 aromatic heterocycles. The van der Waals surface area contributed by atoms with Crippen molar-refractivity contribution in [3.8, 4) is 0 Å². The zero-order chi connectivity index (χ0) is 20.9. The topological polar surface area (TPSA) is 53.6 Å². The van der Waals surface area contributed by atoms with Crippen LogP contribution in [0.3, 0.4) is 0 Å². The summed E-state index contributed by atoms with van der Waals surface area (Å²) in [6, 6.07) is 21.0. The number of halogens is 1. The quantitative estimate of drug-likeness (QED) is 0.572. The molecule has 154 valence electrons. The van der Waals surface area contributed by atoms with E-state index in [9.17, 15) is 4.79 Å². The number of benzene rings is 3. The van der Waals surface area contributed by atoms with Crippen LogP contribution in [0.2, 0.25) is 5.02 Å². The Kier molecular flexibility index (Phi) is 6.21. The fourth-order valence-electron chi connectivity index (χ4n) is 3.45. The Hall–Kier alpha value is -3.02. The van der Waals surface area contributed by atoms with Crippen LogP contribution < -0.4 is 15.5 Å². The number of rotatable bonds is 5. The predicted molar refractivity (Wildman–Crippen MR) is 123 cm³/mol. The van der Waals surface area contributed by atoms with Crippen molar-refractivity contribution in [1.29, 1.82) is 0 Å². The average molecular weight is 422 g/mol. The molecule has 0 spiro atoms. The molecule has 2 N–H and O–H groups in total. The Bertz CT molecular complexity index is 1030. The molecule has 0 bridgehead atoms. The number of ether oxygens (including phenoxy) is 1. The first kappa shape index (κ1) is 20.3. The van der Waals surface area contributed by atoms with E-state index >= 15 is 0 Å². The van der Waals surface area contributed by atoms with E-state index in [1.165, 1.54) is 0 Å². The third-order valence-electron chi connectivity index (χ3n) is 5.21. The summed E-state index contributed by atoms with van der Waals surface area (Å²) < 4.78 is 5.40. The van der Waals surface area contributed by atoms with Crippen molar-refractivity contribution < 1.29 is 9.53 Å². The Morgan fingerprint density at radius 3 is 2.40 bits per heavy atom. The van der Waals surface area contributed by atoms with Crippen molar-refractivity contribution in [2.24, 2.45) is 0 Å². The lowest BCUT2D eigenvalue weighted by molar-refractivity contribution is 0.102. The second-order valence-electron chi connectivity index (χ2n) is 7.18. The third kappa shape index (κ3) is 4.58. The molecule has 1 heterocycles. The Balaban J connectivity index is 1.49. The van der Waals surface area contributed by atoms with E-state index in [1.54, 1.807) is 6.07 Å². The van der Waals surface area contributed by atoms with Gasteiger partial charge in [-0.1, -0.05) is 29.8 Å². The minimum atomic E-state index is -0.170. The molecule has 5 nitrogen and oxygen atoms in total.